The van der Waals surface area contributed by atoms with E-state index in [2.05, 4.69) is 27.5 Å². The lowest BCUT2D eigenvalue weighted by Gasteiger charge is -2.22. The van der Waals surface area contributed by atoms with Crippen molar-refractivity contribution in [3.05, 3.63) is 34.9 Å². The average Bonchev–Trinajstić information content (AvgIpc) is 3.05. The van der Waals surface area contributed by atoms with Crippen LogP contribution < -0.4 is 5.32 Å². The molecule has 0 aliphatic heterocycles. The van der Waals surface area contributed by atoms with Crippen LogP contribution in [0.1, 0.15) is 47.1 Å². The molecule has 2 N–H and O–H groups in total. The van der Waals surface area contributed by atoms with E-state index in [1.165, 1.54) is 11.3 Å². The highest BCUT2D eigenvalue weighted by atomic mass is 16.1. The van der Waals surface area contributed by atoms with Crippen molar-refractivity contribution in [2.24, 2.45) is 0 Å². The van der Waals surface area contributed by atoms with Gasteiger partial charge in [-0.15, -0.1) is 0 Å². The van der Waals surface area contributed by atoms with Gasteiger partial charge in [0.05, 0.1) is 17.5 Å². The molecule has 0 fully saturated rings. The number of rotatable bonds is 4. The molecule has 2 aromatic rings. The first-order chi connectivity index (χ1) is 10.2. The predicted molar refractivity (Wildman–Crippen MR) is 79.1 cm³/mol. The van der Waals surface area contributed by atoms with E-state index in [-0.39, 0.29) is 11.9 Å². The van der Waals surface area contributed by atoms with Crippen LogP contribution in [0.25, 0.3) is 0 Å². The molecule has 0 saturated heterocycles. The largest absolute Gasteiger partial charge is 0.349 e. The second-order valence-corrected chi connectivity index (χ2v) is 5.68. The number of aromatic amines is 1. The van der Waals surface area contributed by atoms with Gasteiger partial charge in [-0.05, 0) is 38.2 Å². The van der Waals surface area contributed by atoms with Gasteiger partial charge in [-0.3, -0.25) is 14.6 Å². The van der Waals surface area contributed by atoms with Gasteiger partial charge in [0, 0.05) is 24.5 Å². The Labute approximate surface area is 123 Å². The van der Waals surface area contributed by atoms with Crippen LogP contribution >= 0.6 is 0 Å². The number of H-pyrrole nitrogens is 1. The Balaban J connectivity index is 1.67. The quantitative estimate of drug-likeness (QED) is 0.897. The normalized spacial score (nSPS) is 17.5. The monoisotopic (exact) mass is 287 g/mol. The first-order valence-corrected chi connectivity index (χ1v) is 7.53. The molecule has 1 aliphatic rings. The molecule has 0 bridgehead atoms. The van der Waals surface area contributed by atoms with Crippen LogP contribution in [0.4, 0.5) is 0 Å². The maximum atomic E-state index is 12.4. The lowest BCUT2D eigenvalue weighted by molar-refractivity contribution is 0.0933. The highest BCUT2D eigenvalue weighted by molar-refractivity contribution is 5.95. The summed E-state index contributed by atoms with van der Waals surface area (Å²) in [6.45, 7) is 4.83. The first-order valence-electron chi connectivity index (χ1n) is 7.53. The number of hydrogen-bond donors (Lipinski definition) is 2. The summed E-state index contributed by atoms with van der Waals surface area (Å²) in [5.41, 5.74) is 3.89. The van der Waals surface area contributed by atoms with Crippen molar-refractivity contribution in [2.75, 3.05) is 0 Å². The fraction of sp³-hybridized carbons (Fsp3) is 0.533. The van der Waals surface area contributed by atoms with Crippen LogP contribution in [0.15, 0.2) is 12.4 Å². The van der Waals surface area contributed by atoms with Gasteiger partial charge in [-0.25, -0.2) is 0 Å². The van der Waals surface area contributed by atoms with Crippen LogP contribution in [0, 0.1) is 6.92 Å². The van der Waals surface area contributed by atoms with E-state index >= 15 is 0 Å². The Bertz CT molecular complexity index is 642. The molecular weight excluding hydrogens is 266 g/mol. The van der Waals surface area contributed by atoms with Crippen molar-refractivity contribution in [3.8, 4) is 0 Å². The lowest BCUT2D eigenvalue weighted by Crippen LogP contribution is -2.38. The summed E-state index contributed by atoms with van der Waals surface area (Å²) in [6, 6.07) is 0.177. The van der Waals surface area contributed by atoms with Crippen molar-refractivity contribution in [2.45, 2.75) is 52.1 Å². The Morgan fingerprint density at radius 2 is 2.43 bits per heavy atom. The van der Waals surface area contributed by atoms with E-state index in [1.807, 2.05) is 24.0 Å². The molecular formula is C15H21N5O. The highest BCUT2D eigenvalue weighted by Crippen LogP contribution is 2.19. The maximum absolute atomic E-state index is 12.4. The molecule has 0 saturated carbocycles. The molecule has 0 radical (unpaired) electrons. The summed E-state index contributed by atoms with van der Waals surface area (Å²) in [5, 5.41) is 14.6. The summed E-state index contributed by atoms with van der Waals surface area (Å²) >= 11 is 0. The fourth-order valence-corrected chi connectivity index (χ4v) is 2.89. The van der Waals surface area contributed by atoms with Crippen molar-refractivity contribution >= 4 is 5.91 Å². The number of aromatic nitrogens is 4. The summed E-state index contributed by atoms with van der Waals surface area (Å²) in [7, 11) is 0. The third-order valence-corrected chi connectivity index (χ3v) is 4.00. The van der Waals surface area contributed by atoms with Crippen molar-refractivity contribution in [1.82, 2.24) is 25.3 Å². The molecule has 21 heavy (non-hydrogen) atoms. The van der Waals surface area contributed by atoms with Gasteiger partial charge in [0.2, 0.25) is 0 Å². The second-order valence-electron chi connectivity index (χ2n) is 5.68. The number of fused-ring (bicyclic) bond motifs is 1. The molecule has 3 rings (SSSR count). The molecule has 112 valence electrons. The van der Waals surface area contributed by atoms with Crippen LogP contribution in [0.3, 0.4) is 0 Å². The van der Waals surface area contributed by atoms with Gasteiger partial charge < -0.3 is 5.32 Å². The Hall–Kier alpha value is -2.11. The molecule has 2 aromatic heterocycles. The molecule has 0 unspecified atom stereocenters. The summed E-state index contributed by atoms with van der Waals surface area (Å²) in [6.07, 6.45) is 7.45. The number of nitrogens with one attached hydrogen (secondary N) is 2. The minimum atomic E-state index is -0.0215. The summed E-state index contributed by atoms with van der Waals surface area (Å²) in [4.78, 5) is 12.4. The van der Waals surface area contributed by atoms with Gasteiger partial charge in [0.25, 0.3) is 5.91 Å². The fourth-order valence-electron chi connectivity index (χ4n) is 2.89. The number of nitrogens with zero attached hydrogens (tertiary/aromatic N) is 3. The number of hydrogen-bond acceptors (Lipinski definition) is 3. The third kappa shape index (κ3) is 2.84. The van der Waals surface area contributed by atoms with E-state index in [0.717, 1.165) is 37.9 Å². The SMILES string of the molecule is CCCn1cc(C(=O)N[C@@H]2CCc3[nH]ncc3C2)c(C)n1. The standard InChI is InChI=1S/C15H21N5O/c1-3-6-20-9-13(10(2)19-20)15(21)17-12-4-5-14-11(7-12)8-16-18-14/h8-9,12H,3-7H2,1-2H3,(H,16,18)(H,17,21)/t12-/m1/s1. The first kappa shape index (κ1) is 13.9. The molecule has 1 amide bonds. The lowest BCUT2D eigenvalue weighted by atomic mass is 9.93. The molecule has 0 aromatic carbocycles. The molecule has 6 nitrogen and oxygen atoms in total. The van der Waals surface area contributed by atoms with Gasteiger partial charge >= 0.3 is 0 Å². The van der Waals surface area contributed by atoms with Gasteiger partial charge in [-0.2, -0.15) is 10.2 Å². The molecule has 6 heteroatoms. The van der Waals surface area contributed by atoms with Crippen molar-refractivity contribution in [1.29, 1.82) is 0 Å². The number of carbonyl (C=O) groups excluding carboxylic acids is 1. The van der Waals surface area contributed by atoms with Crippen LogP contribution in [0.5, 0.6) is 0 Å². The second kappa shape index (κ2) is 5.71. The zero-order valence-corrected chi connectivity index (χ0v) is 12.5. The average molecular weight is 287 g/mol. The van der Waals surface area contributed by atoms with E-state index < -0.39 is 0 Å². The Kier molecular flexibility index (Phi) is 3.77. The van der Waals surface area contributed by atoms with Gasteiger partial charge in [0.15, 0.2) is 0 Å². The Morgan fingerprint density at radius 3 is 3.24 bits per heavy atom. The van der Waals surface area contributed by atoms with Crippen molar-refractivity contribution < 1.29 is 4.79 Å². The summed E-state index contributed by atoms with van der Waals surface area (Å²) < 4.78 is 1.85. The zero-order chi connectivity index (χ0) is 14.8. The smallest absolute Gasteiger partial charge is 0.254 e. The topological polar surface area (TPSA) is 75.6 Å². The van der Waals surface area contributed by atoms with Crippen molar-refractivity contribution in [3.63, 3.8) is 0 Å². The molecule has 0 spiro atoms. The van der Waals surface area contributed by atoms with E-state index in [4.69, 9.17) is 0 Å². The minimum Gasteiger partial charge on any atom is -0.349 e. The van der Waals surface area contributed by atoms with E-state index in [9.17, 15) is 4.79 Å². The zero-order valence-electron chi connectivity index (χ0n) is 12.5. The molecule has 2 heterocycles. The maximum Gasteiger partial charge on any atom is 0.254 e. The van der Waals surface area contributed by atoms with Gasteiger partial charge in [-0.1, -0.05) is 6.92 Å². The minimum absolute atomic E-state index is 0.0215. The predicted octanol–water partition coefficient (Wildman–Crippen LogP) is 1.61. The Morgan fingerprint density at radius 1 is 1.57 bits per heavy atom. The van der Waals surface area contributed by atoms with Crippen LogP contribution in [0.2, 0.25) is 0 Å². The third-order valence-electron chi connectivity index (χ3n) is 4.00. The molecule has 1 atom stereocenters. The number of aryl methyl sites for hydroxylation is 3. The number of carbonyl (C=O) groups is 1. The van der Waals surface area contributed by atoms with E-state index in [0.29, 0.717) is 5.56 Å². The summed E-state index contributed by atoms with van der Waals surface area (Å²) in [5.74, 6) is -0.0215. The van der Waals surface area contributed by atoms with E-state index in [1.54, 1.807) is 0 Å². The van der Waals surface area contributed by atoms with Crippen LogP contribution in [-0.2, 0) is 19.4 Å². The number of amides is 1. The van der Waals surface area contributed by atoms with Gasteiger partial charge in [0.1, 0.15) is 0 Å². The van der Waals surface area contributed by atoms with Crippen LogP contribution in [-0.4, -0.2) is 31.9 Å². The molecule has 1 aliphatic carbocycles. The highest BCUT2D eigenvalue weighted by Gasteiger charge is 2.23.